The predicted molar refractivity (Wildman–Crippen MR) is 81.1 cm³/mol. The van der Waals surface area contributed by atoms with Crippen LogP contribution in [0.25, 0.3) is 0 Å². The number of rotatable bonds is 7. The van der Waals surface area contributed by atoms with Crippen molar-refractivity contribution in [2.75, 3.05) is 11.4 Å². The van der Waals surface area contributed by atoms with Gasteiger partial charge in [-0.2, -0.15) is 0 Å². The molecule has 2 nitrogen and oxygen atoms in total. The van der Waals surface area contributed by atoms with Crippen LogP contribution >= 0.6 is 0 Å². The highest BCUT2D eigenvalue weighted by Gasteiger charge is 2.19. The highest BCUT2D eigenvalue weighted by atomic mass is 19.1. The molecule has 114 valence electrons. The van der Waals surface area contributed by atoms with Crippen molar-refractivity contribution in [3.05, 3.63) is 29.3 Å². The second-order valence-electron chi connectivity index (χ2n) is 5.73. The molecule has 0 spiro atoms. The molecule has 0 aromatic heterocycles. The lowest BCUT2D eigenvalue weighted by Gasteiger charge is -2.29. The van der Waals surface area contributed by atoms with Gasteiger partial charge in [-0.1, -0.05) is 20.8 Å². The molecule has 0 bridgehead atoms. The molecule has 0 aliphatic rings. The summed E-state index contributed by atoms with van der Waals surface area (Å²) < 4.78 is 28.5. The molecule has 1 N–H and O–H groups in total. The van der Waals surface area contributed by atoms with Crippen molar-refractivity contribution in [1.82, 2.24) is 5.32 Å². The summed E-state index contributed by atoms with van der Waals surface area (Å²) in [5.41, 5.74) is 0.729. The van der Waals surface area contributed by atoms with Gasteiger partial charge in [0.15, 0.2) is 0 Å². The standard InChI is InChI=1S/C16H26F2N2/c1-6-7-20(12(4)5)16-14(17)8-13(9-15(16)18)10-19-11(2)3/h8-9,11-12,19H,6-7,10H2,1-5H3. The minimum Gasteiger partial charge on any atom is -0.364 e. The maximum atomic E-state index is 14.3. The Kier molecular flexibility index (Phi) is 6.40. The van der Waals surface area contributed by atoms with Crippen LogP contribution in [-0.2, 0) is 6.54 Å². The molecule has 1 rings (SSSR count). The van der Waals surface area contributed by atoms with E-state index in [1.165, 1.54) is 12.1 Å². The molecule has 0 radical (unpaired) electrons. The normalized spacial score (nSPS) is 11.4. The van der Waals surface area contributed by atoms with Crippen LogP contribution in [0.4, 0.5) is 14.5 Å². The summed E-state index contributed by atoms with van der Waals surface area (Å²) in [5.74, 6) is -0.958. The van der Waals surface area contributed by atoms with Gasteiger partial charge >= 0.3 is 0 Å². The summed E-state index contributed by atoms with van der Waals surface area (Å²) in [6.07, 6.45) is 0.855. The topological polar surface area (TPSA) is 15.3 Å². The van der Waals surface area contributed by atoms with E-state index in [1.54, 1.807) is 4.90 Å². The molecule has 0 aliphatic carbocycles. The summed E-state index contributed by atoms with van der Waals surface area (Å²) in [4.78, 5) is 1.78. The first kappa shape index (κ1) is 16.9. The van der Waals surface area contributed by atoms with Gasteiger partial charge in [-0.05, 0) is 38.0 Å². The first-order valence-electron chi connectivity index (χ1n) is 7.34. The lowest BCUT2D eigenvalue weighted by molar-refractivity contribution is 0.542. The van der Waals surface area contributed by atoms with Crippen molar-refractivity contribution in [2.24, 2.45) is 0 Å². The van der Waals surface area contributed by atoms with E-state index in [0.717, 1.165) is 6.42 Å². The van der Waals surface area contributed by atoms with Gasteiger partial charge in [-0.25, -0.2) is 8.78 Å². The van der Waals surface area contributed by atoms with Crippen LogP contribution in [0.1, 0.15) is 46.6 Å². The average Bonchev–Trinajstić information content (AvgIpc) is 2.34. The van der Waals surface area contributed by atoms with E-state index in [4.69, 9.17) is 0 Å². The van der Waals surface area contributed by atoms with Crippen molar-refractivity contribution in [1.29, 1.82) is 0 Å². The van der Waals surface area contributed by atoms with E-state index in [-0.39, 0.29) is 17.8 Å². The fraction of sp³-hybridized carbons (Fsp3) is 0.625. The Labute approximate surface area is 121 Å². The third-order valence-electron chi connectivity index (χ3n) is 3.17. The Bertz CT molecular complexity index is 407. The van der Waals surface area contributed by atoms with E-state index >= 15 is 0 Å². The summed E-state index contributed by atoms with van der Waals surface area (Å²) >= 11 is 0. The lowest BCUT2D eigenvalue weighted by atomic mass is 10.1. The zero-order chi connectivity index (χ0) is 15.3. The molecule has 0 unspecified atom stereocenters. The molecule has 0 aliphatic heterocycles. The van der Waals surface area contributed by atoms with Crippen LogP contribution in [0.3, 0.4) is 0 Å². The zero-order valence-electron chi connectivity index (χ0n) is 13.1. The van der Waals surface area contributed by atoms with Crippen LogP contribution < -0.4 is 10.2 Å². The van der Waals surface area contributed by atoms with E-state index < -0.39 is 11.6 Å². The lowest BCUT2D eigenvalue weighted by Crippen LogP contribution is -2.33. The number of hydrogen-bond acceptors (Lipinski definition) is 2. The molecule has 1 aromatic carbocycles. The largest absolute Gasteiger partial charge is 0.364 e. The summed E-state index contributed by atoms with van der Waals surface area (Å²) in [6.45, 7) is 11.0. The Balaban J connectivity index is 3.03. The first-order chi connectivity index (χ1) is 9.36. The quantitative estimate of drug-likeness (QED) is 0.811. The molecule has 0 saturated carbocycles. The third kappa shape index (κ3) is 4.44. The van der Waals surface area contributed by atoms with E-state index in [1.807, 2.05) is 34.6 Å². The van der Waals surface area contributed by atoms with Crippen molar-refractivity contribution < 1.29 is 8.78 Å². The van der Waals surface area contributed by atoms with Crippen molar-refractivity contribution in [3.8, 4) is 0 Å². The average molecular weight is 284 g/mol. The second-order valence-corrected chi connectivity index (χ2v) is 5.73. The molecule has 4 heteroatoms. The van der Waals surface area contributed by atoms with Gasteiger partial charge in [0.25, 0.3) is 0 Å². The molecular weight excluding hydrogens is 258 g/mol. The third-order valence-corrected chi connectivity index (χ3v) is 3.17. The van der Waals surface area contributed by atoms with Gasteiger partial charge in [0, 0.05) is 25.2 Å². The molecule has 0 saturated heterocycles. The number of anilines is 1. The van der Waals surface area contributed by atoms with Crippen LogP contribution in [0.2, 0.25) is 0 Å². The monoisotopic (exact) mass is 284 g/mol. The van der Waals surface area contributed by atoms with Gasteiger partial charge in [0.1, 0.15) is 17.3 Å². The number of nitrogens with one attached hydrogen (secondary N) is 1. The van der Waals surface area contributed by atoms with Crippen molar-refractivity contribution >= 4 is 5.69 Å². The fourth-order valence-corrected chi connectivity index (χ4v) is 2.19. The van der Waals surface area contributed by atoms with E-state index in [9.17, 15) is 8.78 Å². The Morgan fingerprint density at radius 3 is 2.05 bits per heavy atom. The minimum absolute atomic E-state index is 0.0681. The molecule has 20 heavy (non-hydrogen) atoms. The number of halogens is 2. The van der Waals surface area contributed by atoms with E-state index in [0.29, 0.717) is 18.7 Å². The molecule has 0 fully saturated rings. The van der Waals surface area contributed by atoms with Gasteiger partial charge in [-0.3, -0.25) is 0 Å². The highest BCUT2D eigenvalue weighted by molar-refractivity contribution is 5.51. The Morgan fingerprint density at radius 1 is 1.10 bits per heavy atom. The van der Waals surface area contributed by atoms with Crippen LogP contribution in [0, 0.1) is 11.6 Å². The number of hydrogen-bond donors (Lipinski definition) is 1. The molecule has 0 amide bonds. The maximum absolute atomic E-state index is 14.3. The van der Waals surface area contributed by atoms with Gasteiger partial charge < -0.3 is 10.2 Å². The molecular formula is C16H26F2N2. The highest BCUT2D eigenvalue weighted by Crippen LogP contribution is 2.27. The van der Waals surface area contributed by atoms with Crippen LogP contribution in [0.15, 0.2) is 12.1 Å². The number of nitrogens with zero attached hydrogens (tertiary/aromatic N) is 1. The smallest absolute Gasteiger partial charge is 0.149 e. The van der Waals surface area contributed by atoms with Crippen molar-refractivity contribution in [2.45, 2.75) is 59.7 Å². The fourth-order valence-electron chi connectivity index (χ4n) is 2.19. The maximum Gasteiger partial charge on any atom is 0.149 e. The van der Waals surface area contributed by atoms with Crippen LogP contribution in [0.5, 0.6) is 0 Å². The second kappa shape index (κ2) is 7.58. The SMILES string of the molecule is CCCN(c1c(F)cc(CNC(C)C)cc1F)C(C)C. The zero-order valence-corrected chi connectivity index (χ0v) is 13.1. The minimum atomic E-state index is -0.479. The summed E-state index contributed by atoms with van der Waals surface area (Å²) in [5, 5.41) is 3.17. The summed E-state index contributed by atoms with van der Waals surface area (Å²) in [6, 6.07) is 3.21. The van der Waals surface area contributed by atoms with Gasteiger partial charge in [-0.15, -0.1) is 0 Å². The van der Waals surface area contributed by atoms with Gasteiger partial charge in [0.05, 0.1) is 0 Å². The van der Waals surface area contributed by atoms with Crippen molar-refractivity contribution in [3.63, 3.8) is 0 Å². The molecule has 1 aromatic rings. The first-order valence-corrected chi connectivity index (χ1v) is 7.34. The molecule has 0 heterocycles. The van der Waals surface area contributed by atoms with E-state index in [2.05, 4.69) is 5.32 Å². The predicted octanol–water partition coefficient (Wildman–Crippen LogP) is 4.09. The molecule has 0 atom stereocenters. The Morgan fingerprint density at radius 2 is 1.65 bits per heavy atom. The Hall–Kier alpha value is -1.16. The number of benzene rings is 1. The summed E-state index contributed by atoms with van der Waals surface area (Å²) in [7, 11) is 0. The van der Waals surface area contributed by atoms with Gasteiger partial charge in [0.2, 0.25) is 0 Å². The van der Waals surface area contributed by atoms with Crippen LogP contribution in [-0.4, -0.2) is 18.6 Å².